The van der Waals surface area contributed by atoms with E-state index in [4.69, 9.17) is 9.05 Å². The average Bonchev–Trinajstić information content (AvgIpc) is 2.28. The average molecular weight is 246 g/mol. The van der Waals surface area contributed by atoms with Gasteiger partial charge in [0.15, 0.2) is 0 Å². The molecule has 0 fully saturated rings. The summed E-state index contributed by atoms with van der Waals surface area (Å²) in [5.41, 5.74) is -0.485. The molecule has 0 atom stereocenters. The number of hydrogen-bond donors (Lipinski definition) is 0. The summed E-state index contributed by atoms with van der Waals surface area (Å²) in [7, 11) is -3.61. The molecular weight excluding hydrogens is 227 g/mol. The predicted molar refractivity (Wildman–Crippen MR) is 64.4 cm³/mol. The van der Waals surface area contributed by atoms with E-state index in [0.717, 1.165) is 0 Å². The first-order chi connectivity index (χ1) is 7.60. The van der Waals surface area contributed by atoms with Crippen LogP contribution in [0.1, 0.15) is 27.2 Å². The van der Waals surface area contributed by atoms with Crippen molar-refractivity contribution in [3.05, 3.63) is 24.3 Å². The van der Waals surface area contributed by atoms with E-state index in [2.05, 4.69) is 0 Å². The van der Waals surface area contributed by atoms with Gasteiger partial charge in [0.25, 0.3) is 0 Å². The molecule has 0 rings (SSSR count). The maximum Gasteiger partial charge on any atom is 0.397 e. The van der Waals surface area contributed by atoms with Crippen LogP contribution in [0.15, 0.2) is 24.3 Å². The highest BCUT2D eigenvalue weighted by molar-refractivity contribution is 7.71. The zero-order chi connectivity index (χ0) is 12.4. The predicted octanol–water partition coefficient (Wildman–Crippen LogP) is 3.30. The third-order valence-electron chi connectivity index (χ3n) is 1.76. The number of hydrogen-bond acceptors (Lipinski definition) is 4. The van der Waals surface area contributed by atoms with Crippen molar-refractivity contribution in [2.24, 2.45) is 0 Å². The second-order valence-corrected chi connectivity index (χ2v) is 4.98. The Morgan fingerprint density at radius 2 is 1.56 bits per heavy atom. The molecule has 0 N–H and O–H groups in total. The van der Waals surface area contributed by atoms with Gasteiger partial charge in [-0.1, -0.05) is 31.2 Å². The molecule has 0 spiro atoms. The second-order valence-electron chi connectivity index (χ2n) is 2.97. The fraction of sp³-hybridized carbons (Fsp3) is 0.545. The van der Waals surface area contributed by atoms with E-state index in [1.807, 2.05) is 13.8 Å². The highest BCUT2D eigenvalue weighted by atomic mass is 31.2. The molecule has 0 aliphatic carbocycles. The van der Waals surface area contributed by atoms with Gasteiger partial charge in [-0.2, -0.15) is 0 Å². The summed E-state index contributed by atoms with van der Waals surface area (Å²) < 4.78 is 22.1. The summed E-state index contributed by atoms with van der Waals surface area (Å²) in [6, 6.07) is 0. The Labute approximate surface area is 96.9 Å². The quantitative estimate of drug-likeness (QED) is 0.487. The van der Waals surface area contributed by atoms with Crippen LogP contribution in [0.4, 0.5) is 0 Å². The molecule has 0 radical (unpaired) electrons. The van der Waals surface area contributed by atoms with Crippen molar-refractivity contribution in [3.63, 3.8) is 0 Å². The SMILES string of the molecule is CC=CCOP(=O)(OCC=CC)C(=O)CC. The summed E-state index contributed by atoms with van der Waals surface area (Å²) in [4.78, 5) is 11.5. The molecule has 0 heterocycles. The Bertz CT molecular complexity index is 287. The normalized spacial score (nSPS) is 15.7. The molecule has 0 aromatic heterocycles. The van der Waals surface area contributed by atoms with Crippen LogP contribution in [0.5, 0.6) is 0 Å². The molecule has 16 heavy (non-hydrogen) atoms. The van der Waals surface area contributed by atoms with Crippen LogP contribution in [0.2, 0.25) is 0 Å². The first kappa shape index (κ1) is 15.3. The largest absolute Gasteiger partial charge is 0.397 e. The second kappa shape index (κ2) is 8.45. The Balaban J connectivity index is 4.48. The van der Waals surface area contributed by atoms with Gasteiger partial charge in [0.1, 0.15) is 0 Å². The Hall–Kier alpha value is -0.700. The van der Waals surface area contributed by atoms with Crippen LogP contribution in [-0.2, 0) is 18.4 Å². The summed E-state index contributed by atoms with van der Waals surface area (Å²) in [6.07, 6.45) is 7.01. The van der Waals surface area contributed by atoms with Gasteiger partial charge < -0.3 is 0 Å². The van der Waals surface area contributed by atoms with Gasteiger partial charge in [0, 0.05) is 6.42 Å². The molecule has 0 amide bonds. The first-order valence-electron chi connectivity index (χ1n) is 5.25. The van der Waals surface area contributed by atoms with Crippen LogP contribution in [0.25, 0.3) is 0 Å². The van der Waals surface area contributed by atoms with Crippen molar-refractivity contribution >= 4 is 13.1 Å². The van der Waals surface area contributed by atoms with E-state index in [1.165, 1.54) is 0 Å². The van der Waals surface area contributed by atoms with E-state index < -0.39 is 13.1 Å². The van der Waals surface area contributed by atoms with E-state index in [9.17, 15) is 9.36 Å². The van der Waals surface area contributed by atoms with Crippen LogP contribution >= 0.6 is 7.60 Å². The summed E-state index contributed by atoms with van der Waals surface area (Å²) in [5.74, 6) is 0. The lowest BCUT2D eigenvalue weighted by Crippen LogP contribution is -2.06. The Morgan fingerprint density at radius 3 is 1.88 bits per heavy atom. The van der Waals surface area contributed by atoms with E-state index in [0.29, 0.717) is 0 Å². The minimum Gasteiger partial charge on any atom is -0.299 e. The minimum atomic E-state index is -3.61. The molecular formula is C11H19O4P. The van der Waals surface area contributed by atoms with Crippen LogP contribution in [0, 0.1) is 0 Å². The number of carbonyl (C=O) groups excluding carboxylic acids is 1. The minimum absolute atomic E-state index is 0.120. The van der Waals surface area contributed by atoms with Crippen molar-refractivity contribution < 1.29 is 18.4 Å². The molecule has 0 aromatic rings. The molecule has 0 aliphatic heterocycles. The highest BCUT2D eigenvalue weighted by Crippen LogP contribution is 2.49. The molecule has 0 saturated carbocycles. The molecule has 0 unspecified atom stereocenters. The van der Waals surface area contributed by atoms with Crippen molar-refractivity contribution in [2.45, 2.75) is 27.2 Å². The zero-order valence-electron chi connectivity index (χ0n) is 10.0. The van der Waals surface area contributed by atoms with Crippen molar-refractivity contribution in [1.82, 2.24) is 0 Å². The molecule has 0 bridgehead atoms. The first-order valence-corrected chi connectivity index (χ1v) is 6.79. The fourth-order valence-corrected chi connectivity index (χ4v) is 2.16. The van der Waals surface area contributed by atoms with Crippen molar-refractivity contribution in [2.75, 3.05) is 13.2 Å². The van der Waals surface area contributed by atoms with Gasteiger partial charge in [-0.15, -0.1) is 0 Å². The lowest BCUT2D eigenvalue weighted by atomic mass is 10.6. The topological polar surface area (TPSA) is 52.6 Å². The summed E-state index contributed by atoms with van der Waals surface area (Å²) in [5, 5.41) is 0. The Kier molecular flexibility index (Phi) is 8.08. The maximum atomic E-state index is 12.0. The maximum absolute atomic E-state index is 12.0. The lowest BCUT2D eigenvalue weighted by molar-refractivity contribution is -0.113. The molecule has 0 aliphatic rings. The summed E-state index contributed by atoms with van der Waals surface area (Å²) >= 11 is 0. The van der Waals surface area contributed by atoms with Gasteiger partial charge in [-0.3, -0.25) is 18.4 Å². The monoisotopic (exact) mass is 246 g/mol. The van der Waals surface area contributed by atoms with Gasteiger partial charge in [0.2, 0.25) is 5.52 Å². The number of rotatable bonds is 8. The van der Waals surface area contributed by atoms with E-state index in [-0.39, 0.29) is 19.6 Å². The highest BCUT2D eigenvalue weighted by Gasteiger charge is 2.32. The summed E-state index contributed by atoms with van der Waals surface area (Å²) in [6.45, 7) is 5.50. The van der Waals surface area contributed by atoms with Crippen LogP contribution < -0.4 is 0 Å². The van der Waals surface area contributed by atoms with Gasteiger partial charge in [-0.25, -0.2) is 0 Å². The van der Waals surface area contributed by atoms with Crippen molar-refractivity contribution in [3.8, 4) is 0 Å². The van der Waals surface area contributed by atoms with E-state index in [1.54, 1.807) is 31.2 Å². The molecule has 0 saturated heterocycles. The van der Waals surface area contributed by atoms with Crippen molar-refractivity contribution in [1.29, 1.82) is 0 Å². The Morgan fingerprint density at radius 1 is 1.12 bits per heavy atom. The number of allylic oxidation sites excluding steroid dienone is 2. The standard InChI is InChI=1S/C11H19O4P/c1-4-7-9-14-16(13,11(12)6-3)15-10-8-5-2/h4-5,7-8H,6,9-10H2,1-3H3. The molecule has 5 heteroatoms. The third kappa shape index (κ3) is 5.40. The third-order valence-corrected chi connectivity index (χ3v) is 3.67. The van der Waals surface area contributed by atoms with Gasteiger partial charge in [0.05, 0.1) is 13.2 Å². The number of carbonyl (C=O) groups is 1. The smallest absolute Gasteiger partial charge is 0.299 e. The lowest BCUT2D eigenvalue weighted by Gasteiger charge is -2.14. The van der Waals surface area contributed by atoms with Gasteiger partial charge in [-0.05, 0) is 13.8 Å². The molecule has 92 valence electrons. The molecule has 0 aromatic carbocycles. The van der Waals surface area contributed by atoms with Crippen LogP contribution in [0.3, 0.4) is 0 Å². The zero-order valence-corrected chi connectivity index (χ0v) is 10.9. The molecule has 4 nitrogen and oxygen atoms in total. The van der Waals surface area contributed by atoms with Crippen LogP contribution in [-0.4, -0.2) is 18.7 Å². The fourth-order valence-electron chi connectivity index (χ4n) is 0.850. The van der Waals surface area contributed by atoms with Gasteiger partial charge >= 0.3 is 7.60 Å². The van der Waals surface area contributed by atoms with E-state index >= 15 is 0 Å².